The van der Waals surface area contributed by atoms with Crippen LogP contribution in [0.15, 0.2) is 35.4 Å². The van der Waals surface area contributed by atoms with Crippen molar-refractivity contribution >= 4 is 21.6 Å². The molecule has 0 fully saturated rings. The Balaban J connectivity index is 1.92. The molecule has 0 unspecified atom stereocenters. The Kier molecular flexibility index (Phi) is 4.32. The lowest BCUT2D eigenvalue weighted by Crippen LogP contribution is -2.43. The van der Waals surface area contributed by atoms with Crippen LogP contribution in [0.3, 0.4) is 0 Å². The maximum Gasteiger partial charge on any atom is 0.270 e. The van der Waals surface area contributed by atoms with Gasteiger partial charge in [0.05, 0.1) is 5.69 Å². The second-order valence-electron chi connectivity index (χ2n) is 6.44. The zero-order valence-corrected chi connectivity index (χ0v) is 15.1. The molecule has 25 heavy (non-hydrogen) atoms. The molecule has 0 saturated heterocycles. The zero-order chi connectivity index (χ0) is 18.4. The van der Waals surface area contributed by atoms with E-state index in [1.165, 1.54) is 24.4 Å². The summed E-state index contributed by atoms with van der Waals surface area (Å²) in [5, 5.41) is 0. The second-order valence-corrected chi connectivity index (χ2v) is 8.12. The minimum Gasteiger partial charge on any atom is -0.340 e. The fourth-order valence-corrected chi connectivity index (χ4v) is 3.96. The largest absolute Gasteiger partial charge is 0.340 e. The van der Waals surface area contributed by atoms with Gasteiger partial charge in [-0.3, -0.25) is 9.52 Å². The molecule has 0 bridgehead atoms. The maximum absolute atomic E-state index is 13.9. The number of benzene rings is 1. The predicted molar refractivity (Wildman–Crippen MR) is 92.6 cm³/mol. The van der Waals surface area contributed by atoms with Crippen LogP contribution in [0.25, 0.3) is 0 Å². The van der Waals surface area contributed by atoms with Gasteiger partial charge in [0.15, 0.2) is 0 Å². The number of carbonyl (C=O) groups excluding carboxylic acids is 1. The molecule has 0 radical (unpaired) electrons. The van der Waals surface area contributed by atoms with Gasteiger partial charge in [0.2, 0.25) is 0 Å². The molecule has 6 nitrogen and oxygen atoms in total. The van der Waals surface area contributed by atoms with Gasteiger partial charge in [-0.15, -0.1) is 0 Å². The molecule has 1 aromatic heterocycles. The molecule has 0 saturated carbocycles. The number of nitrogens with one attached hydrogen (secondary N) is 1. The number of fused-ring (bicyclic) bond motifs is 1. The molecular formula is C17H20FN3O3S. The topological polar surface area (TPSA) is 71.4 Å². The molecule has 0 atom stereocenters. The van der Waals surface area contributed by atoms with Crippen LogP contribution in [0.2, 0.25) is 0 Å². The van der Waals surface area contributed by atoms with Gasteiger partial charge < -0.3 is 9.47 Å². The number of anilines is 1. The van der Waals surface area contributed by atoms with Crippen molar-refractivity contribution in [3.05, 3.63) is 47.5 Å². The van der Waals surface area contributed by atoms with E-state index in [2.05, 4.69) is 4.72 Å². The van der Waals surface area contributed by atoms with E-state index < -0.39 is 15.8 Å². The van der Waals surface area contributed by atoms with Crippen molar-refractivity contribution in [1.29, 1.82) is 0 Å². The van der Waals surface area contributed by atoms with Crippen LogP contribution in [0.5, 0.6) is 0 Å². The summed E-state index contributed by atoms with van der Waals surface area (Å²) >= 11 is 0. The Morgan fingerprint density at radius 1 is 1.20 bits per heavy atom. The van der Waals surface area contributed by atoms with Gasteiger partial charge in [-0.1, -0.05) is 6.07 Å². The SMILES string of the molecule is Cc1ccc(NS(=O)(=O)c2cc3n(c2)CCN(C(C)C)C3=O)c(F)c1. The molecule has 134 valence electrons. The molecule has 0 aliphatic carbocycles. The van der Waals surface area contributed by atoms with Crippen LogP contribution in [0, 0.1) is 12.7 Å². The normalized spacial score (nSPS) is 14.8. The highest BCUT2D eigenvalue weighted by Crippen LogP contribution is 2.24. The Morgan fingerprint density at radius 2 is 1.92 bits per heavy atom. The van der Waals surface area contributed by atoms with E-state index >= 15 is 0 Å². The third-order valence-electron chi connectivity index (χ3n) is 4.24. The van der Waals surface area contributed by atoms with Gasteiger partial charge >= 0.3 is 0 Å². The lowest BCUT2D eigenvalue weighted by molar-refractivity contribution is 0.0649. The van der Waals surface area contributed by atoms with Crippen molar-refractivity contribution in [1.82, 2.24) is 9.47 Å². The number of halogens is 1. The average Bonchev–Trinajstić information content (AvgIpc) is 2.96. The Bertz CT molecular complexity index is 935. The Labute approximate surface area is 146 Å². The van der Waals surface area contributed by atoms with Crippen molar-refractivity contribution in [2.75, 3.05) is 11.3 Å². The van der Waals surface area contributed by atoms with Crippen LogP contribution in [-0.2, 0) is 16.6 Å². The number of carbonyl (C=O) groups is 1. The van der Waals surface area contributed by atoms with E-state index in [0.29, 0.717) is 24.3 Å². The van der Waals surface area contributed by atoms with E-state index in [1.807, 2.05) is 13.8 Å². The fourth-order valence-electron chi connectivity index (χ4n) is 2.86. The summed E-state index contributed by atoms with van der Waals surface area (Å²) in [4.78, 5) is 14.1. The van der Waals surface area contributed by atoms with E-state index in [0.717, 1.165) is 0 Å². The van der Waals surface area contributed by atoms with Crippen LogP contribution < -0.4 is 4.72 Å². The lowest BCUT2D eigenvalue weighted by Gasteiger charge is -2.31. The van der Waals surface area contributed by atoms with E-state index in [-0.39, 0.29) is 22.5 Å². The summed E-state index contributed by atoms with van der Waals surface area (Å²) in [6.45, 7) is 6.59. The second kappa shape index (κ2) is 6.18. The van der Waals surface area contributed by atoms with Crippen molar-refractivity contribution in [2.24, 2.45) is 0 Å². The van der Waals surface area contributed by atoms with Crippen LogP contribution in [0.4, 0.5) is 10.1 Å². The first kappa shape index (κ1) is 17.5. The van der Waals surface area contributed by atoms with Crippen molar-refractivity contribution in [3.63, 3.8) is 0 Å². The van der Waals surface area contributed by atoms with Gasteiger partial charge in [-0.2, -0.15) is 0 Å². The number of sulfonamides is 1. The first-order chi connectivity index (χ1) is 11.7. The van der Waals surface area contributed by atoms with Gasteiger partial charge in [-0.05, 0) is 44.5 Å². The van der Waals surface area contributed by atoms with Gasteiger partial charge in [-0.25, -0.2) is 12.8 Å². The number of amides is 1. The molecule has 8 heteroatoms. The first-order valence-electron chi connectivity index (χ1n) is 7.99. The lowest BCUT2D eigenvalue weighted by atomic mass is 10.2. The molecule has 1 N–H and O–H groups in total. The third-order valence-corrected chi connectivity index (χ3v) is 5.57. The number of rotatable bonds is 4. The third kappa shape index (κ3) is 3.26. The summed E-state index contributed by atoms with van der Waals surface area (Å²) < 4.78 is 42.9. The summed E-state index contributed by atoms with van der Waals surface area (Å²) in [5.74, 6) is -0.848. The Hall–Kier alpha value is -2.35. The molecule has 1 aromatic carbocycles. The fraction of sp³-hybridized carbons (Fsp3) is 0.353. The number of aromatic nitrogens is 1. The van der Waals surface area contributed by atoms with Gasteiger partial charge in [0.25, 0.3) is 15.9 Å². The molecule has 0 spiro atoms. The smallest absolute Gasteiger partial charge is 0.270 e. The first-order valence-corrected chi connectivity index (χ1v) is 9.47. The quantitative estimate of drug-likeness (QED) is 0.905. The van der Waals surface area contributed by atoms with Crippen molar-refractivity contribution in [2.45, 2.75) is 38.3 Å². The monoisotopic (exact) mass is 365 g/mol. The highest BCUT2D eigenvalue weighted by molar-refractivity contribution is 7.92. The standard InChI is InChI=1S/C17H20FN3O3S/c1-11(2)21-7-6-20-10-13(9-16(20)17(21)22)25(23,24)19-15-5-4-12(3)8-14(15)18/h4-5,8-11,19H,6-7H2,1-3H3. The van der Waals surface area contributed by atoms with Crippen molar-refractivity contribution in [3.8, 4) is 0 Å². The highest BCUT2D eigenvalue weighted by Gasteiger charge is 2.29. The van der Waals surface area contributed by atoms with Gasteiger partial charge in [0.1, 0.15) is 16.4 Å². The van der Waals surface area contributed by atoms with E-state index in [4.69, 9.17) is 0 Å². The van der Waals surface area contributed by atoms with Crippen molar-refractivity contribution < 1.29 is 17.6 Å². The molecule has 2 aromatic rings. The summed E-state index contributed by atoms with van der Waals surface area (Å²) in [7, 11) is -3.99. The minimum absolute atomic E-state index is 0.0380. The molecule has 1 amide bonds. The number of aryl methyl sites for hydroxylation is 1. The average molecular weight is 365 g/mol. The minimum atomic E-state index is -3.99. The van der Waals surface area contributed by atoms with E-state index in [9.17, 15) is 17.6 Å². The Morgan fingerprint density at radius 3 is 2.56 bits per heavy atom. The molecular weight excluding hydrogens is 345 g/mol. The van der Waals surface area contributed by atoms with E-state index in [1.54, 1.807) is 22.5 Å². The zero-order valence-electron chi connectivity index (χ0n) is 14.3. The molecule has 1 aliphatic rings. The summed E-state index contributed by atoms with van der Waals surface area (Å²) in [5.41, 5.74) is 0.897. The van der Waals surface area contributed by atoms with Gasteiger partial charge in [0, 0.05) is 25.3 Å². The summed E-state index contributed by atoms with van der Waals surface area (Å²) in [6.07, 6.45) is 1.42. The number of hydrogen-bond donors (Lipinski definition) is 1. The maximum atomic E-state index is 13.9. The molecule has 2 heterocycles. The van der Waals surface area contributed by atoms with Crippen LogP contribution >= 0.6 is 0 Å². The number of hydrogen-bond acceptors (Lipinski definition) is 3. The summed E-state index contributed by atoms with van der Waals surface area (Å²) in [6, 6.07) is 5.63. The van der Waals surface area contributed by atoms with Crippen LogP contribution in [0.1, 0.15) is 29.9 Å². The molecule has 3 rings (SSSR count). The highest BCUT2D eigenvalue weighted by atomic mass is 32.2. The van der Waals surface area contributed by atoms with Crippen LogP contribution in [-0.4, -0.2) is 36.4 Å². The molecule has 1 aliphatic heterocycles. The predicted octanol–water partition coefficient (Wildman–Crippen LogP) is 2.60. The number of nitrogens with zero attached hydrogens (tertiary/aromatic N) is 2.